The topological polar surface area (TPSA) is 119 Å². The Morgan fingerprint density at radius 2 is 1.92 bits per heavy atom. The smallest absolute Gasteiger partial charge is 0.275 e. The molecule has 1 aliphatic rings. The van der Waals surface area contributed by atoms with E-state index in [1.54, 1.807) is 17.0 Å². The lowest BCUT2D eigenvalue weighted by Crippen LogP contribution is -2.38. The Morgan fingerprint density at radius 1 is 1.19 bits per heavy atom. The molecule has 36 heavy (non-hydrogen) atoms. The number of H-pyrrole nitrogens is 1. The molecule has 0 aliphatic carbocycles. The van der Waals surface area contributed by atoms with Crippen LogP contribution in [0.2, 0.25) is 0 Å². The van der Waals surface area contributed by atoms with Crippen LogP contribution in [0.4, 0.5) is 14.6 Å². The van der Waals surface area contributed by atoms with E-state index in [0.717, 1.165) is 25.0 Å². The quantitative estimate of drug-likeness (QED) is 0.411. The SMILES string of the molecule is C=CC(=O)N1CCCC(c2nn(-c3ccc(Oc4c(F)cccc4F)cc3)c3c(N)n[nH]c(=O)c23)C1. The summed E-state index contributed by atoms with van der Waals surface area (Å²) in [5.41, 5.74) is 7.07. The van der Waals surface area contributed by atoms with Gasteiger partial charge in [0.1, 0.15) is 11.3 Å². The molecule has 4 aromatic rings. The van der Waals surface area contributed by atoms with Crippen LogP contribution in [0.25, 0.3) is 16.6 Å². The molecule has 9 nitrogen and oxygen atoms in total. The van der Waals surface area contributed by atoms with Gasteiger partial charge in [-0.25, -0.2) is 18.6 Å². The fourth-order valence-corrected chi connectivity index (χ4v) is 4.47. The van der Waals surface area contributed by atoms with Crippen molar-refractivity contribution in [2.45, 2.75) is 18.8 Å². The number of aromatic nitrogens is 4. The highest BCUT2D eigenvalue weighted by molar-refractivity contribution is 5.91. The number of carbonyl (C=O) groups excluding carboxylic acids is 1. The first-order chi connectivity index (χ1) is 17.4. The van der Waals surface area contributed by atoms with E-state index in [4.69, 9.17) is 15.6 Å². The zero-order valence-electron chi connectivity index (χ0n) is 19.1. The van der Waals surface area contributed by atoms with E-state index >= 15 is 0 Å². The Hall–Kier alpha value is -4.54. The number of para-hydroxylation sites is 1. The lowest BCUT2D eigenvalue weighted by atomic mass is 9.93. The number of likely N-dealkylation sites (tertiary alicyclic amines) is 1. The summed E-state index contributed by atoms with van der Waals surface area (Å²) in [4.78, 5) is 26.7. The third-order valence-electron chi connectivity index (χ3n) is 6.17. The number of nitrogens with zero attached hydrogens (tertiary/aromatic N) is 4. The van der Waals surface area contributed by atoms with Crippen LogP contribution >= 0.6 is 0 Å². The van der Waals surface area contributed by atoms with Crippen LogP contribution in [0, 0.1) is 11.6 Å². The molecule has 0 saturated carbocycles. The minimum atomic E-state index is -0.823. The molecule has 1 amide bonds. The summed E-state index contributed by atoms with van der Waals surface area (Å²) in [6.45, 7) is 4.54. The molecule has 0 radical (unpaired) electrons. The van der Waals surface area contributed by atoms with Crippen LogP contribution in [0.3, 0.4) is 0 Å². The predicted octanol–water partition coefficient (Wildman–Crippen LogP) is 3.65. The number of nitrogens with two attached hydrogens (primary N) is 1. The van der Waals surface area contributed by atoms with E-state index in [9.17, 15) is 18.4 Å². The largest absolute Gasteiger partial charge is 0.451 e. The molecular weight excluding hydrogens is 470 g/mol. The maximum atomic E-state index is 14.0. The Labute approximate surface area is 203 Å². The molecule has 0 bridgehead atoms. The fraction of sp³-hybridized carbons (Fsp3) is 0.200. The second-order valence-electron chi connectivity index (χ2n) is 8.43. The van der Waals surface area contributed by atoms with Gasteiger partial charge in [0.15, 0.2) is 23.2 Å². The number of ether oxygens (including phenoxy) is 1. The van der Waals surface area contributed by atoms with Gasteiger partial charge in [0.05, 0.1) is 16.8 Å². The maximum Gasteiger partial charge on any atom is 0.275 e. The summed E-state index contributed by atoms with van der Waals surface area (Å²) in [5.74, 6) is -2.25. The van der Waals surface area contributed by atoms with E-state index in [1.807, 2.05) is 0 Å². The van der Waals surface area contributed by atoms with E-state index in [0.29, 0.717) is 35.4 Å². The first-order valence-corrected chi connectivity index (χ1v) is 11.3. The summed E-state index contributed by atoms with van der Waals surface area (Å²) in [6.07, 6.45) is 2.75. The molecule has 2 aromatic heterocycles. The van der Waals surface area contributed by atoms with E-state index in [2.05, 4.69) is 16.8 Å². The summed E-state index contributed by atoms with van der Waals surface area (Å²) >= 11 is 0. The van der Waals surface area contributed by atoms with Gasteiger partial charge in [-0.3, -0.25) is 9.59 Å². The predicted molar refractivity (Wildman–Crippen MR) is 129 cm³/mol. The number of piperidine rings is 1. The van der Waals surface area contributed by atoms with Crippen molar-refractivity contribution in [1.82, 2.24) is 24.9 Å². The average molecular weight is 492 g/mol. The van der Waals surface area contributed by atoms with Crippen molar-refractivity contribution >= 4 is 22.6 Å². The monoisotopic (exact) mass is 492 g/mol. The van der Waals surface area contributed by atoms with Crippen LogP contribution in [-0.4, -0.2) is 43.9 Å². The third-order valence-corrected chi connectivity index (χ3v) is 6.17. The number of amides is 1. The second-order valence-corrected chi connectivity index (χ2v) is 8.43. The van der Waals surface area contributed by atoms with Crippen LogP contribution < -0.4 is 16.0 Å². The number of carbonyl (C=O) groups is 1. The average Bonchev–Trinajstić information content (AvgIpc) is 3.31. The molecule has 2 aromatic carbocycles. The highest BCUT2D eigenvalue weighted by atomic mass is 19.1. The lowest BCUT2D eigenvalue weighted by Gasteiger charge is -2.31. The van der Waals surface area contributed by atoms with E-state index in [-0.39, 0.29) is 23.4 Å². The van der Waals surface area contributed by atoms with Crippen LogP contribution in [0.15, 0.2) is 59.9 Å². The van der Waals surface area contributed by atoms with Crippen molar-refractivity contribution in [2.24, 2.45) is 0 Å². The molecule has 3 N–H and O–H groups in total. The van der Waals surface area contributed by atoms with Gasteiger partial charge in [0, 0.05) is 19.0 Å². The molecule has 1 fully saturated rings. The Balaban J connectivity index is 1.54. The number of benzene rings is 2. The maximum absolute atomic E-state index is 14.0. The van der Waals surface area contributed by atoms with Crippen molar-refractivity contribution < 1.29 is 18.3 Å². The Morgan fingerprint density at radius 3 is 2.61 bits per heavy atom. The number of halogens is 2. The number of rotatable bonds is 5. The molecule has 1 atom stereocenters. The number of anilines is 1. The summed E-state index contributed by atoms with van der Waals surface area (Å²) in [6, 6.07) is 9.75. The normalized spacial score (nSPS) is 15.7. The summed E-state index contributed by atoms with van der Waals surface area (Å²) in [7, 11) is 0. The van der Waals surface area contributed by atoms with Crippen molar-refractivity contribution in [3.63, 3.8) is 0 Å². The zero-order valence-corrected chi connectivity index (χ0v) is 19.1. The number of nitrogens with one attached hydrogen (secondary N) is 1. The molecule has 5 rings (SSSR count). The Bertz CT molecular complexity index is 1510. The summed E-state index contributed by atoms with van der Waals surface area (Å²) < 4.78 is 34.8. The Kier molecular flexibility index (Phi) is 5.96. The van der Waals surface area contributed by atoms with Gasteiger partial charge in [-0.1, -0.05) is 12.6 Å². The van der Waals surface area contributed by atoms with Crippen LogP contribution in [-0.2, 0) is 4.79 Å². The van der Waals surface area contributed by atoms with Gasteiger partial charge in [-0.2, -0.15) is 10.2 Å². The fourth-order valence-electron chi connectivity index (χ4n) is 4.47. The number of hydrogen-bond donors (Lipinski definition) is 2. The van der Waals surface area contributed by atoms with Crippen molar-refractivity contribution in [3.05, 3.63) is 82.8 Å². The number of fused-ring (bicyclic) bond motifs is 1. The molecule has 184 valence electrons. The first-order valence-electron chi connectivity index (χ1n) is 11.3. The third kappa shape index (κ3) is 4.08. The van der Waals surface area contributed by atoms with Gasteiger partial charge in [0.25, 0.3) is 5.56 Å². The summed E-state index contributed by atoms with van der Waals surface area (Å²) in [5, 5.41) is 11.3. The van der Waals surface area contributed by atoms with Crippen LogP contribution in [0.1, 0.15) is 24.5 Å². The van der Waals surface area contributed by atoms with Gasteiger partial charge in [0.2, 0.25) is 5.91 Å². The van der Waals surface area contributed by atoms with Gasteiger partial charge in [-0.15, -0.1) is 0 Å². The first kappa shape index (κ1) is 23.2. The molecule has 1 unspecified atom stereocenters. The molecule has 3 heterocycles. The standard InChI is InChI=1S/C25H22F2N6O3/c1-2-19(34)32-12-4-5-14(13-32)21-20-22(24(28)29-30-25(20)35)33(31-21)15-8-10-16(11-9-15)36-23-17(26)6-3-7-18(23)27/h2-3,6-11,14H,1,4-5,12-13H2,(H2,28,29)(H,30,35). The number of hydrogen-bond acceptors (Lipinski definition) is 6. The minimum absolute atomic E-state index is 0.0759. The second kappa shape index (κ2) is 9.25. The molecule has 1 aliphatic heterocycles. The van der Waals surface area contributed by atoms with Gasteiger partial charge >= 0.3 is 0 Å². The minimum Gasteiger partial charge on any atom is -0.451 e. The molecule has 1 saturated heterocycles. The van der Waals surface area contributed by atoms with Crippen molar-refractivity contribution in [2.75, 3.05) is 18.8 Å². The van der Waals surface area contributed by atoms with E-state index in [1.165, 1.54) is 29.0 Å². The lowest BCUT2D eigenvalue weighted by molar-refractivity contribution is -0.127. The zero-order chi connectivity index (χ0) is 25.4. The van der Waals surface area contributed by atoms with Crippen molar-refractivity contribution in [3.8, 4) is 17.2 Å². The highest BCUT2D eigenvalue weighted by Gasteiger charge is 2.30. The molecular formula is C25H22F2N6O3. The van der Waals surface area contributed by atoms with Gasteiger partial charge in [-0.05, 0) is 55.3 Å². The molecule has 0 spiro atoms. The van der Waals surface area contributed by atoms with Crippen molar-refractivity contribution in [1.29, 1.82) is 0 Å². The highest BCUT2D eigenvalue weighted by Crippen LogP contribution is 2.33. The van der Waals surface area contributed by atoms with E-state index < -0.39 is 22.9 Å². The molecule has 11 heteroatoms. The van der Waals surface area contributed by atoms with Gasteiger partial charge < -0.3 is 15.4 Å². The number of nitrogen functional groups attached to an aromatic ring is 1. The van der Waals surface area contributed by atoms with Crippen LogP contribution in [0.5, 0.6) is 11.5 Å². The number of aromatic amines is 1.